The van der Waals surface area contributed by atoms with Crippen molar-refractivity contribution in [1.82, 2.24) is 9.47 Å². The van der Waals surface area contributed by atoms with Crippen molar-refractivity contribution in [2.45, 2.75) is 38.1 Å². The van der Waals surface area contributed by atoms with E-state index in [1.165, 1.54) is 18.4 Å². The fourth-order valence-electron chi connectivity index (χ4n) is 2.96. The van der Waals surface area contributed by atoms with Gasteiger partial charge in [0.25, 0.3) is 5.56 Å². The van der Waals surface area contributed by atoms with E-state index in [4.69, 9.17) is 5.73 Å². The molecular formula is C15H23N3O. The molecule has 4 heteroatoms. The summed E-state index contributed by atoms with van der Waals surface area (Å²) in [6.45, 7) is 3.11. The molecule has 0 unspecified atom stereocenters. The normalized spacial score (nSPS) is 21.7. The second-order valence-electron chi connectivity index (χ2n) is 6.21. The second-order valence-corrected chi connectivity index (χ2v) is 6.21. The zero-order valence-electron chi connectivity index (χ0n) is 11.6. The molecule has 19 heavy (non-hydrogen) atoms. The number of nitrogen functional groups attached to an aromatic ring is 1. The van der Waals surface area contributed by atoms with Crippen LogP contribution in [-0.4, -0.2) is 29.6 Å². The van der Waals surface area contributed by atoms with Crippen LogP contribution in [0.3, 0.4) is 0 Å². The molecule has 2 aliphatic rings. The Bertz CT molecular complexity index is 511. The molecule has 1 aliphatic carbocycles. The Labute approximate surface area is 114 Å². The molecule has 1 aromatic rings. The molecule has 4 nitrogen and oxygen atoms in total. The SMILES string of the molecule is CN1CCC(c2cc(N)c(=O)n(CC3CC3)c2)CC1. The van der Waals surface area contributed by atoms with E-state index in [1.54, 1.807) is 0 Å². The zero-order chi connectivity index (χ0) is 13.4. The van der Waals surface area contributed by atoms with E-state index < -0.39 is 0 Å². The van der Waals surface area contributed by atoms with Crippen LogP contribution in [0.5, 0.6) is 0 Å². The first-order chi connectivity index (χ1) is 9.13. The molecule has 2 fully saturated rings. The van der Waals surface area contributed by atoms with Crippen molar-refractivity contribution in [1.29, 1.82) is 0 Å². The Kier molecular flexibility index (Phi) is 3.35. The van der Waals surface area contributed by atoms with Crippen molar-refractivity contribution in [2.75, 3.05) is 25.9 Å². The number of nitrogens with two attached hydrogens (primary N) is 1. The zero-order valence-corrected chi connectivity index (χ0v) is 11.6. The van der Waals surface area contributed by atoms with Crippen molar-refractivity contribution in [3.05, 3.63) is 28.2 Å². The molecule has 1 saturated carbocycles. The Morgan fingerprint density at radius 1 is 1.26 bits per heavy atom. The number of hydrogen-bond acceptors (Lipinski definition) is 3. The van der Waals surface area contributed by atoms with Crippen molar-refractivity contribution < 1.29 is 0 Å². The number of rotatable bonds is 3. The van der Waals surface area contributed by atoms with Crippen LogP contribution in [0.1, 0.15) is 37.2 Å². The van der Waals surface area contributed by atoms with Gasteiger partial charge in [0.2, 0.25) is 0 Å². The highest BCUT2D eigenvalue weighted by Crippen LogP contribution is 2.31. The lowest BCUT2D eigenvalue weighted by atomic mass is 9.90. The molecule has 0 aromatic carbocycles. The van der Waals surface area contributed by atoms with Crippen LogP contribution in [0.15, 0.2) is 17.1 Å². The number of piperidine rings is 1. The molecular weight excluding hydrogens is 238 g/mol. The fraction of sp³-hybridized carbons (Fsp3) is 0.667. The lowest BCUT2D eigenvalue weighted by Gasteiger charge is -2.29. The summed E-state index contributed by atoms with van der Waals surface area (Å²) in [4.78, 5) is 14.4. The van der Waals surface area contributed by atoms with Crippen molar-refractivity contribution in [2.24, 2.45) is 5.92 Å². The van der Waals surface area contributed by atoms with Gasteiger partial charge in [-0.3, -0.25) is 4.79 Å². The first kappa shape index (κ1) is 12.7. The quantitative estimate of drug-likeness (QED) is 0.900. The minimum Gasteiger partial charge on any atom is -0.394 e. The van der Waals surface area contributed by atoms with E-state index in [2.05, 4.69) is 18.1 Å². The van der Waals surface area contributed by atoms with Crippen LogP contribution < -0.4 is 11.3 Å². The van der Waals surface area contributed by atoms with Crippen LogP contribution in [0.25, 0.3) is 0 Å². The summed E-state index contributed by atoms with van der Waals surface area (Å²) >= 11 is 0. The number of aromatic nitrogens is 1. The molecule has 1 aromatic heterocycles. The summed E-state index contributed by atoms with van der Waals surface area (Å²) in [5.74, 6) is 1.26. The summed E-state index contributed by atoms with van der Waals surface area (Å²) in [6, 6.07) is 1.90. The predicted octanol–water partition coefficient (Wildman–Crippen LogP) is 1.65. The van der Waals surface area contributed by atoms with Gasteiger partial charge in [0.1, 0.15) is 0 Å². The highest BCUT2D eigenvalue weighted by Gasteiger charge is 2.24. The van der Waals surface area contributed by atoms with Crippen molar-refractivity contribution in [3.63, 3.8) is 0 Å². The Morgan fingerprint density at radius 2 is 1.95 bits per heavy atom. The smallest absolute Gasteiger partial charge is 0.273 e. The number of hydrogen-bond donors (Lipinski definition) is 1. The van der Waals surface area contributed by atoms with Crippen LogP contribution in [-0.2, 0) is 6.54 Å². The third kappa shape index (κ3) is 2.84. The summed E-state index contributed by atoms with van der Waals surface area (Å²) < 4.78 is 1.85. The summed E-state index contributed by atoms with van der Waals surface area (Å²) in [5, 5.41) is 0. The highest BCUT2D eigenvalue weighted by molar-refractivity contribution is 5.39. The largest absolute Gasteiger partial charge is 0.394 e. The minimum atomic E-state index is -0.0106. The van der Waals surface area contributed by atoms with Gasteiger partial charge in [-0.15, -0.1) is 0 Å². The lowest BCUT2D eigenvalue weighted by Crippen LogP contribution is -2.30. The van der Waals surface area contributed by atoms with Gasteiger partial charge in [-0.25, -0.2) is 0 Å². The molecule has 104 valence electrons. The second kappa shape index (κ2) is 5.00. The van der Waals surface area contributed by atoms with Crippen LogP contribution in [0, 0.1) is 5.92 Å². The number of likely N-dealkylation sites (tertiary alicyclic amines) is 1. The van der Waals surface area contributed by atoms with Gasteiger partial charge >= 0.3 is 0 Å². The van der Waals surface area contributed by atoms with Gasteiger partial charge in [0, 0.05) is 12.7 Å². The first-order valence-corrected chi connectivity index (χ1v) is 7.32. The fourth-order valence-corrected chi connectivity index (χ4v) is 2.96. The third-order valence-corrected chi connectivity index (χ3v) is 4.48. The van der Waals surface area contributed by atoms with Gasteiger partial charge in [-0.2, -0.15) is 0 Å². The maximum absolute atomic E-state index is 12.0. The summed E-state index contributed by atoms with van der Waals surface area (Å²) in [5.41, 5.74) is 7.57. The monoisotopic (exact) mass is 261 g/mol. The van der Waals surface area contributed by atoms with Crippen molar-refractivity contribution >= 4 is 5.69 Å². The van der Waals surface area contributed by atoms with Gasteiger partial charge in [-0.1, -0.05) is 0 Å². The third-order valence-electron chi connectivity index (χ3n) is 4.48. The average molecular weight is 261 g/mol. The van der Waals surface area contributed by atoms with Gasteiger partial charge in [0.15, 0.2) is 0 Å². The van der Waals surface area contributed by atoms with Crippen LogP contribution >= 0.6 is 0 Å². The van der Waals surface area contributed by atoms with E-state index in [1.807, 2.05) is 10.6 Å². The molecule has 2 heterocycles. The predicted molar refractivity (Wildman–Crippen MR) is 77.3 cm³/mol. The maximum Gasteiger partial charge on any atom is 0.273 e. The molecule has 1 aliphatic heterocycles. The van der Waals surface area contributed by atoms with Crippen LogP contribution in [0.2, 0.25) is 0 Å². The topological polar surface area (TPSA) is 51.3 Å². The summed E-state index contributed by atoms with van der Waals surface area (Å²) in [7, 11) is 2.17. The Hall–Kier alpha value is -1.29. The van der Waals surface area contributed by atoms with E-state index >= 15 is 0 Å². The van der Waals surface area contributed by atoms with E-state index in [0.717, 1.165) is 32.5 Å². The Morgan fingerprint density at radius 3 is 2.58 bits per heavy atom. The van der Waals surface area contributed by atoms with Gasteiger partial charge < -0.3 is 15.2 Å². The molecule has 0 spiro atoms. The maximum atomic E-state index is 12.0. The minimum absolute atomic E-state index is 0.0106. The number of pyridine rings is 1. The van der Waals surface area contributed by atoms with E-state index in [-0.39, 0.29) is 5.56 Å². The molecule has 0 atom stereocenters. The number of nitrogens with zero attached hydrogens (tertiary/aromatic N) is 2. The van der Waals surface area contributed by atoms with Gasteiger partial charge in [-0.05, 0) is 69.3 Å². The lowest BCUT2D eigenvalue weighted by molar-refractivity contribution is 0.255. The average Bonchev–Trinajstić information content (AvgIpc) is 3.19. The van der Waals surface area contributed by atoms with Crippen molar-refractivity contribution in [3.8, 4) is 0 Å². The highest BCUT2D eigenvalue weighted by atomic mass is 16.1. The molecule has 3 rings (SSSR count). The molecule has 0 radical (unpaired) electrons. The number of anilines is 1. The summed E-state index contributed by atoms with van der Waals surface area (Å²) in [6.07, 6.45) is 6.90. The first-order valence-electron chi connectivity index (χ1n) is 7.32. The standard InChI is InChI=1S/C15H23N3O/c1-17-6-4-12(5-7-17)13-8-14(16)15(19)18(10-13)9-11-2-3-11/h8,10-12H,2-7,9,16H2,1H3. The molecule has 0 amide bonds. The van der Waals surface area contributed by atoms with Crippen LogP contribution in [0.4, 0.5) is 5.69 Å². The molecule has 0 bridgehead atoms. The molecule has 2 N–H and O–H groups in total. The van der Waals surface area contributed by atoms with Gasteiger partial charge in [0.05, 0.1) is 5.69 Å². The Balaban J connectivity index is 1.84. The van der Waals surface area contributed by atoms with E-state index in [0.29, 0.717) is 17.5 Å². The molecule has 1 saturated heterocycles. The van der Waals surface area contributed by atoms with E-state index in [9.17, 15) is 4.79 Å².